The van der Waals surface area contributed by atoms with Crippen LogP contribution < -0.4 is 5.32 Å². The molecule has 14 heavy (non-hydrogen) atoms. The van der Waals surface area contributed by atoms with Gasteiger partial charge in [-0.25, -0.2) is 4.68 Å². The molecule has 0 aliphatic rings. The Morgan fingerprint density at radius 1 is 1.79 bits per heavy atom. The Kier molecular flexibility index (Phi) is 3.24. The van der Waals surface area contributed by atoms with Crippen LogP contribution in [0.2, 0.25) is 0 Å². The van der Waals surface area contributed by atoms with Crippen molar-refractivity contribution in [3.63, 3.8) is 0 Å². The molecule has 1 rings (SSSR count). The zero-order chi connectivity index (χ0) is 10.6. The number of hydrogen-bond donors (Lipinski definition) is 1. The lowest BCUT2D eigenvalue weighted by Crippen LogP contribution is -2.11. The highest BCUT2D eigenvalue weighted by molar-refractivity contribution is 5.80. The van der Waals surface area contributed by atoms with Crippen molar-refractivity contribution in [1.29, 1.82) is 5.26 Å². The smallest absolute Gasteiger partial charge is 0.261 e. The van der Waals surface area contributed by atoms with Gasteiger partial charge < -0.3 is 5.32 Å². The Bertz CT molecular complexity index is 361. The van der Waals surface area contributed by atoms with Gasteiger partial charge in [-0.15, -0.1) is 0 Å². The Morgan fingerprint density at radius 3 is 3.07 bits per heavy atom. The molecule has 74 valence electrons. The largest absolute Gasteiger partial charge is 0.380 e. The van der Waals surface area contributed by atoms with E-state index in [-0.39, 0.29) is 12.3 Å². The molecule has 0 aliphatic heterocycles. The van der Waals surface area contributed by atoms with Crippen LogP contribution in [0.4, 0.5) is 5.69 Å². The summed E-state index contributed by atoms with van der Waals surface area (Å²) in [6.45, 7) is 3.99. The predicted molar refractivity (Wildman–Crippen MR) is 51.8 cm³/mol. The summed E-state index contributed by atoms with van der Waals surface area (Å²) in [6, 6.07) is 2.08. The standard InChI is InChI=1S/C9H12N4O/c1-7(2)12-8-5-11-13(6-8)9(14)3-4-10/h5-7,12H,3H2,1-2H3. The lowest BCUT2D eigenvalue weighted by molar-refractivity contribution is 0.0904. The van der Waals surface area contributed by atoms with Crippen molar-refractivity contribution >= 4 is 11.6 Å². The third-order valence-electron chi connectivity index (χ3n) is 1.52. The highest BCUT2D eigenvalue weighted by Crippen LogP contribution is 2.06. The summed E-state index contributed by atoms with van der Waals surface area (Å²) in [5.74, 6) is -0.315. The van der Waals surface area contributed by atoms with Crippen molar-refractivity contribution in [3.05, 3.63) is 12.4 Å². The molecule has 1 N–H and O–H groups in total. The fourth-order valence-corrected chi connectivity index (χ4v) is 1.02. The molecule has 0 saturated heterocycles. The average Bonchev–Trinajstić information content (AvgIpc) is 2.52. The van der Waals surface area contributed by atoms with Gasteiger partial charge in [0.05, 0.1) is 24.2 Å². The second-order valence-corrected chi connectivity index (χ2v) is 3.20. The molecule has 1 aromatic heterocycles. The molecule has 1 aromatic rings. The van der Waals surface area contributed by atoms with Crippen molar-refractivity contribution < 1.29 is 4.79 Å². The van der Waals surface area contributed by atoms with Crippen LogP contribution in [0.3, 0.4) is 0 Å². The molecule has 0 radical (unpaired) electrons. The van der Waals surface area contributed by atoms with Crippen LogP contribution in [-0.4, -0.2) is 21.7 Å². The molecule has 5 heteroatoms. The SMILES string of the molecule is CC(C)Nc1cnn(C(=O)CC#N)c1. The molecule has 0 bridgehead atoms. The van der Waals surface area contributed by atoms with Gasteiger partial charge >= 0.3 is 0 Å². The fourth-order valence-electron chi connectivity index (χ4n) is 1.02. The van der Waals surface area contributed by atoms with Gasteiger partial charge in [-0.2, -0.15) is 10.4 Å². The van der Waals surface area contributed by atoms with E-state index in [1.165, 1.54) is 4.68 Å². The minimum atomic E-state index is -0.315. The molecule has 1 heterocycles. The lowest BCUT2D eigenvalue weighted by atomic mass is 10.4. The number of nitrogens with zero attached hydrogens (tertiary/aromatic N) is 3. The summed E-state index contributed by atoms with van der Waals surface area (Å²) < 4.78 is 1.17. The maximum atomic E-state index is 11.2. The molecule has 0 unspecified atom stereocenters. The fraction of sp³-hybridized carbons (Fsp3) is 0.444. The summed E-state index contributed by atoms with van der Waals surface area (Å²) in [4.78, 5) is 11.2. The van der Waals surface area contributed by atoms with Gasteiger partial charge in [0.25, 0.3) is 5.91 Å². The van der Waals surface area contributed by atoms with Gasteiger partial charge in [0.2, 0.25) is 0 Å². The molecule has 5 nitrogen and oxygen atoms in total. The van der Waals surface area contributed by atoms with Gasteiger partial charge in [0, 0.05) is 6.04 Å². The van der Waals surface area contributed by atoms with E-state index in [1.54, 1.807) is 18.5 Å². The molecule has 0 fully saturated rings. The number of anilines is 1. The van der Waals surface area contributed by atoms with E-state index < -0.39 is 0 Å². The van der Waals surface area contributed by atoms with Crippen LogP contribution in [0.5, 0.6) is 0 Å². The number of nitrogens with one attached hydrogen (secondary N) is 1. The lowest BCUT2D eigenvalue weighted by Gasteiger charge is -2.05. The zero-order valence-electron chi connectivity index (χ0n) is 8.19. The maximum absolute atomic E-state index is 11.2. The third kappa shape index (κ3) is 2.59. The van der Waals surface area contributed by atoms with E-state index in [1.807, 2.05) is 13.8 Å². The molecule has 0 saturated carbocycles. The van der Waals surface area contributed by atoms with E-state index in [9.17, 15) is 4.79 Å². The van der Waals surface area contributed by atoms with Crippen molar-refractivity contribution in [2.75, 3.05) is 5.32 Å². The summed E-state index contributed by atoms with van der Waals surface area (Å²) in [7, 11) is 0. The van der Waals surface area contributed by atoms with Crippen LogP contribution in [0.25, 0.3) is 0 Å². The van der Waals surface area contributed by atoms with Crippen LogP contribution in [0, 0.1) is 11.3 Å². The summed E-state index contributed by atoms with van der Waals surface area (Å²) in [5.41, 5.74) is 0.784. The average molecular weight is 192 g/mol. The Labute approximate surface area is 82.3 Å². The first kappa shape index (κ1) is 10.3. The summed E-state index contributed by atoms with van der Waals surface area (Å²) in [5, 5.41) is 15.3. The second-order valence-electron chi connectivity index (χ2n) is 3.20. The highest BCUT2D eigenvalue weighted by Gasteiger charge is 2.06. The minimum Gasteiger partial charge on any atom is -0.380 e. The Balaban J connectivity index is 2.69. The van der Waals surface area contributed by atoms with Crippen molar-refractivity contribution in [3.8, 4) is 6.07 Å². The predicted octanol–water partition coefficient (Wildman–Crippen LogP) is 1.26. The first-order valence-corrected chi connectivity index (χ1v) is 4.35. The highest BCUT2D eigenvalue weighted by atomic mass is 16.2. The zero-order valence-corrected chi connectivity index (χ0v) is 8.19. The number of carbonyl (C=O) groups is 1. The van der Waals surface area contributed by atoms with Crippen LogP contribution in [0.15, 0.2) is 12.4 Å². The van der Waals surface area contributed by atoms with Crippen molar-refractivity contribution in [2.45, 2.75) is 26.3 Å². The van der Waals surface area contributed by atoms with Gasteiger partial charge in [0.15, 0.2) is 0 Å². The third-order valence-corrected chi connectivity index (χ3v) is 1.52. The summed E-state index contributed by atoms with van der Waals surface area (Å²) in [6.07, 6.45) is 3.00. The van der Waals surface area contributed by atoms with Gasteiger partial charge in [-0.1, -0.05) is 0 Å². The Morgan fingerprint density at radius 2 is 2.50 bits per heavy atom. The minimum absolute atomic E-state index is 0.150. The number of aromatic nitrogens is 2. The number of hydrogen-bond acceptors (Lipinski definition) is 4. The molecule has 0 aliphatic carbocycles. The van der Waals surface area contributed by atoms with E-state index in [0.29, 0.717) is 6.04 Å². The molecular weight excluding hydrogens is 180 g/mol. The van der Waals surface area contributed by atoms with Crippen molar-refractivity contribution in [2.24, 2.45) is 0 Å². The first-order chi connectivity index (χ1) is 6.63. The quantitative estimate of drug-likeness (QED) is 0.782. The van der Waals surface area contributed by atoms with Gasteiger partial charge in [0.1, 0.15) is 6.42 Å². The summed E-state index contributed by atoms with van der Waals surface area (Å²) >= 11 is 0. The van der Waals surface area contributed by atoms with Crippen LogP contribution in [0.1, 0.15) is 25.1 Å². The molecular formula is C9H12N4O. The van der Waals surface area contributed by atoms with E-state index in [4.69, 9.17) is 5.26 Å². The maximum Gasteiger partial charge on any atom is 0.261 e. The van der Waals surface area contributed by atoms with E-state index in [0.717, 1.165) is 5.69 Å². The van der Waals surface area contributed by atoms with Gasteiger partial charge in [-0.05, 0) is 13.8 Å². The first-order valence-electron chi connectivity index (χ1n) is 4.35. The molecule has 0 atom stereocenters. The van der Waals surface area contributed by atoms with Crippen LogP contribution in [-0.2, 0) is 0 Å². The normalized spacial score (nSPS) is 9.86. The topological polar surface area (TPSA) is 70.7 Å². The van der Waals surface area contributed by atoms with E-state index in [2.05, 4.69) is 10.4 Å². The molecule has 0 aromatic carbocycles. The number of carbonyl (C=O) groups excluding carboxylic acids is 1. The molecule has 0 amide bonds. The Hall–Kier alpha value is -1.83. The monoisotopic (exact) mass is 192 g/mol. The number of nitriles is 1. The second kappa shape index (κ2) is 4.42. The molecule has 0 spiro atoms. The van der Waals surface area contributed by atoms with Crippen molar-refractivity contribution in [1.82, 2.24) is 9.78 Å². The number of rotatable bonds is 3. The van der Waals surface area contributed by atoms with E-state index >= 15 is 0 Å². The van der Waals surface area contributed by atoms with Crippen LogP contribution >= 0.6 is 0 Å². The van der Waals surface area contributed by atoms with Gasteiger partial charge in [-0.3, -0.25) is 4.79 Å².